The number of H-pyrrole nitrogens is 2. The van der Waals surface area contributed by atoms with Gasteiger partial charge in [0.2, 0.25) is 65.0 Å². The van der Waals surface area contributed by atoms with E-state index < -0.39 is 120 Å². The number of carbonyl (C=O) groups excluding carboxylic acids is 11. The SMILES string of the molecule is CSCC[C@H](NC(=O)[C@H](CC(C)C)NC(=O)[C@H](Cc1cnc[nH]1)NC(=O)CNC(=O)[C@@H](NC(=O)[C@H](C)NC(=O)[C@H](Cc1c[nH]c2ccccc12)NC(=O)[C@H](CCC(N)=O)NC(=O)COCCOCCNC(=O)COCCOCCN)C(C)C)C(N)=O. The number of aromatic amines is 2. The monoisotopic (exact) mass is 1230 g/mol. The molecule has 0 aliphatic heterocycles. The highest BCUT2D eigenvalue weighted by atomic mass is 32.2. The second-order valence-corrected chi connectivity index (χ2v) is 21.7. The summed E-state index contributed by atoms with van der Waals surface area (Å²) >= 11 is 1.46. The number of carbonyl (C=O) groups is 11. The molecule has 0 radical (unpaired) electrons. The zero-order valence-corrected chi connectivity index (χ0v) is 50.5. The van der Waals surface area contributed by atoms with Gasteiger partial charge in [-0.15, -0.1) is 0 Å². The van der Waals surface area contributed by atoms with Crippen molar-refractivity contribution in [2.75, 3.05) is 84.5 Å². The predicted octanol–water partition coefficient (Wildman–Crippen LogP) is -3.45. The minimum absolute atomic E-state index is 0.0357. The fourth-order valence-electron chi connectivity index (χ4n) is 8.27. The molecular weight excluding hydrogens is 1140 g/mol. The van der Waals surface area contributed by atoms with Crippen LogP contribution in [0.25, 0.3) is 10.9 Å². The highest BCUT2D eigenvalue weighted by molar-refractivity contribution is 7.98. The molecule has 2 aromatic heterocycles. The first kappa shape index (κ1) is 72.5. The normalized spacial score (nSPS) is 13.7. The predicted molar refractivity (Wildman–Crippen MR) is 317 cm³/mol. The van der Waals surface area contributed by atoms with Gasteiger partial charge in [-0.1, -0.05) is 45.9 Å². The summed E-state index contributed by atoms with van der Waals surface area (Å²) in [7, 11) is 0. The number of primary amides is 2. The van der Waals surface area contributed by atoms with Crippen molar-refractivity contribution >= 4 is 87.6 Å². The van der Waals surface area contributed by atoms with E-state index in [2.05, 4.69) is 62.8 Å². The van der Waals surface area contributed by atoms with Gasteiger partial charge in [0.05, 0.1) is 52.5 Å². The van der Waals surface area contributed by atoms with Gasteiger partial charge in [-0.3, -0.25) is 52.7 Å². The largest absolute Gasteiger partial charge is 0.378 e. The van der Waals surface area contributed by atoms with Crippen LogP contribution in [0.2, 0.25) is 0 Å². The third-order valence-electron chi connectivity index (χ3n) is 12.8. The van der Waals surface area contributed by atoms with Crippen LogP contribution in [0.4, 0.5) is 0 Å². The minimum Gasteiger partial charge on any atom is -0.378 e. The average Bonchev–Trinajstić information content (AvgIpc) is 2.56. The quantitative estimate of drug-likeness (QED) is 0.0245. The van der Waals surface area contributed by atoms with Gasteiger partial charge in [0.1, 0.15) is 55.5 Å². The third kappa shape index (κ3) is 28.0. The van der Waals surface area contributed by atoms with Crippen LogP contribution in [-0.2, 0) is 84.5 Å². The van der Waals surface area contributed by atoms with E-state index in [9.17, 15) is 52.7 Å². The van der Waals surface area contributed by atoms with Gasteiger partial charge in [-0.05, 0) is 61.7 Å². The molecule has 0 saturated carbocycles. The van der Waals surface area contributed by atoms with Crippen molar-refractivity contribution in [2.45, 2.75) is 115 Å². The summed E-state index contributed by atoms with van der Waals surface area (Å²) in [6.07, 6.45) is 5.96. The lowest BCUT2D eigenvalue weighted by molar-refractivity contribution is -0.135. The first-order chi connectivity index (χ1) is 41.0. The van der Waals surface area contributed by atoms with E-state index in [4.69, 9.17) is 36.1 Å². The second-order valence-electron chi connectivity index (χ2n) is 20.7. The Hall–Kier alpha value is -7.71. The van der Waals surface area contributed by atoms with E-state index in [0.717, 1.165) is 10.9 Å². The van der Waals surface area contributed by atoms with Gasteiger partial charge in [0, 0.05) is 61.3 Å². The van der Waals surface area contributed by atoms with Crippen molar-refractivity contribution in [2.24, 2.45) is 29.0 Å². The Labute approximate surface area is 503 Å². The summed E-state index contributed by atoms with van der Waals surface area (Å²) in [4.78, 5) is 156. The molecule has 3 rings (SSSR count). The molecule has 2 heterocycles. The molecule has 0 bridgehead atoms. The molecule has 0 aliphatic carbocycles. The van der Waals surface area contributed by atoms with E-state index in [1.165, 1.54) is 31.2 Å². The summed E-state index contributed by atoms with van der Waals surface area (Å²) in [5, 5.41) is 24.1. The van der Waals surface area contributed by atoms with E-state index in [1.807, 2.05) is 26.2 Å². The van der Waals surface area contributed by atoms with Crippen molar-refractivity contribution in [3.05, 3.63) is 54.2 Å². The van der Waals surface area contributed by atoms with E-state index >= 15 is 0 Å². The molecule has 86 heavy (non-hydrogen) atoms. The fourth-order valence-corrected chi connectivity index (χ4v) is 8.74. The number of nitrogens with zero attached hydrogens (tertiary/aromatic N) is 1. The maximum absolute atomic E-state index is 14.2. The van der Waals surface area contributed by atoms with Crippen molar-refractivity contribution < 1.29 is 71.7 Å². The maximum atomic E-state index is 14.2. The van der Waals surface area contributed by atoms with Crippen LogP contribution in [0.1, 0.15) is 71.6 Å². The summed E-state index contributed by atoms with van der Waals surface area (Å²) in [6, 6.07) is -1.55. The second kappa shape index (κ2) is 39.8. The number of aromatic nitrogens is 3. The first-order valence-electron chi connectivity index (χ1n) is 28.3. The van der Waals surface area contributed by atoms with Crippen LogP contribution in [-0.4, -0.2) is 207 Å². The Morgan fingerprint density at radius 2 is 1.21 bits per heavy atom. The van der Waals surface area contributed by atoms with Gasteiger partial charge in [0.25, 0.3) is 0 Å². The standard InChI is InChI=1S/C55H87N15O15S/c1-32(2)23-41(53(79)67-39(49(58)75)13-22-86-6)68-54(80)43(25-36-27-59-31-63-36)66-45(72)28-62-55(81)48(33(3)4)70-50(76)34(5)64-52(78)42(24-35-26-61-38-10-8-7-9-37(35)38)69-51(77)40(11-12-44(57)71)65-47(74)30-85-21-19-83-17-15-60-46(73)29-84-20-18-82-16-14-56/h7-10,26-27,31-34,39-43,48,61H,11-25,28-30,56H2,1-6H3,(H2,57,71)(H2,58,75)(H,59,63)(H,60,73)(H,62,81)(H,64,78)(H,65,74)(H,66,72)(H,67,79)(H,68,80)(H,69,77)(H,70,76)/t34-,39-,40-,41-,42-,43-,48-/m0/s1. The fraction of sp³-hybridized carbons (Fsp3) is 0.600. The van der Waals surface area contributed by atoms with Crippen LogP contribution < -0.4 is 65.1 Å². The zero-order chi connectivity index (χ0) is 63.6. The number of imidazole rings is 1. The van der Waals surface area contributed by atoms with Gasteiger partial charge < -0.3 is 94.0 Å². The van der Waals surface area contributed by atoms with Crippen LogP contribution in [0.15, 0.2) is 43.0 Å². The molecule has 7 atom stereocenters. The number of hydrogen-bond acceptors (Lipinski definition) is 18. The number of amides is 11. The minimum atomic E-state index is -1.39. The molecule has 17 N–H and O–H groups in total. The number of ether oxygens (including phenoxy) is 4. The molecule has 31 heteroatoms. The molecule has 478 valence electrons. The number of benzene rings is 1. The van der Waals surface area contributed by atoms with Crippen LogP contribution in [0.5, 0.6) is 0 Å². The maximum Gasteiger partial charge on any atom is 0.246 e. The molecule has 0 aliphatic rings. The van der Waals surface area contributed by atoms with E-state index in [-0.39, 0.29) is 89.9 Å². The van der Waals surface area contributed by atoms with Gasteiger partial charge in [-0.2, -0.15) is 11.8 Å². The molecule has 0 fully saturated rings. The Bertz CT molecular complexity index is 2660. The van der Waals surface area contributed by atoms with E-state index in [0.29, 0.717) is 36.8 Å². The number of nitrogens with two attached hydrogens (primary N) is 3. The van der Waals surface area contributed by atoms with Crippen molar-refractivity contribution in [1.29, 1.82) is 0 Å². The lowest BCUT2D eigenvalue weighted by Gasteiger charge is -2.26. The summed E-state index contributed by atoms with van der Waals surface area (Å²) < 4.78 is 21.2. The van der Waals surface area contributed by atoms with Crippen molar-refractivity contribution in [3.8, 4) is 0 Å². The Morgan fingerprint density at radius 1 is 0.605 bits per heavy atom. The molecule has 1 aromatic carbocycles. The number of thioether (sulfide) groups is 1. The Balaban J connectivity index is 1.66. The summed E-state index contributed by atoms with van der Waals surface area (Å²) in [5.74, 6) is -8.21. The average molecular weight is 1230 g/mol. The Morgan fingerprint density at radius 3 is 1.85 bits per heavy atom. The Kier molecular flexibility index (Phi) is 33.6. The topological polar surface area (TPSA) is 455 Å². The summed E-state index contributed by atoms with van der Waals surface area (Å²) in [5.41, 5.74) is 18.1. The van der Waals surface area contributed by atoms with E-state index in [1.54, 1.807) is 38.2 Å². The molecule has 0 saturated heterocycles. The smallest absolute Gasteiger partial charge is 0.246 e. The molecule has 3 aromatic rings. The third-order valence-corrected chi connectivity index (χ3v) is 13.4. The van der Waals surface area contributed by atoms with Crippen molar-refractivity contribution in [1.82, 2.24) is 62.8 Å². The van der Waals surface area contributed by atoms with Gasteiger partial charge >= 0.3 is 0 Å². The van der Waals surface area contributed by atoms with Crippen LogP contribution in [0, 0.1) is 11.8 Å². The van der Waals surface area contributed by atoms with Gasteiger partial charge in [-0.25, -0.2) is 4.98 Å². The first-order valence-corrected chi connectivity index (χ1v) is 29.7. The molecule has 11 amide bonds. The molecule has 30 nitrogen and oxygen atoms in total. The highest BCUT2D eigenvalue weighted by Gasteiger charge is 2.34. The summed E-state index contributed by atoms with van der Waals surface area (Å²) in [6.45, 7) is 8.62. The number of para-hydroxylation sites is 1. The molecule has 0 spiro atoms. The number of nitrogens with one attached hydrogen (secondary N) is 11. The zero-order valence-electron chi connectivity index (χ0n) is 49.7. The van der Waals surface area contributed by atoms with Crippen molar-refractivity contribution in [3.63, 3.8) is 0 Å². The van der Waals surface area contributed by atoms with Gasteiger partial charge in [0.15, 0.2) is 0 Å². The van der Waals surface area contributed by atoms with Crippen LogP contribution in [0.3, 0.4) is 0 Å². The molecular formula is C55H87N15O15S. The number of fused-ring (bicyclic) bond motifs is 1. The number of hydrogen-bond donors (Lipinski definition) is 14. The highest BCUT2D eigenvalue weighted by Crippen LogP contribution is 2.20. The molecule has 0 unspecified atom stereocenters. The van der Waals surface area contributed by atoms with Crippen LogP contribution >= 0.6 is 11.8 Å². The lowest BCUT2D eigenvalue weighted by atomic mass is 10.0. The number of rotatable bonds is 44. The lowest BCUT2D eigenvalue weighted by Crippen LogP contribution is -2.59.